The largest absolute Gasteiger partial charge is 0.460 e. The van der Waals surface area contributed by atoms with E-state index in [0.29, 0.717) is 12.1 Å². The highest BCUT2D eigenvalue weighted by atomic mass is 16.5. The molecule has 0 N–H and O–H groups in total. The maximum Gasteiger partial charge on any atom is 0.331 e. The number of rotatable bonds is 5. The van der Waals surface area contributed by atoms with Gasteiger partial charge in [0.2, 0.25) is 0 Å². The van der Waals surface area contributed by atoms with Crippen molar-refractivity contribution in [1.29, 1.82) is 0 Å². The zero-order valence-electron chi connectivity index (χ0n) is 13.3. The second-order valence-corrected chi connectivity index (χ2v) is 5.86. The Hall–Kier alpha value is -2.36. The molecule has 0 saturated carbocycles. The van der Waals surface area contributed by atoms with Crippen LogP contribution in [0.1, 0.15) is 26.3 Å². The summed E-state index contributed by atoms with van der Waals surface area (Å²) in [7, 11) is 0. The monoisotopic (exact) mass is 299 g/mol. The Balaban J connectivity index is 2.26. The number of ether oxygens (including phenoxy) is 1. The summed E-state index contributed by atoms with van der Waals surface area (Å²) in [6.07, 6.45) is 1.51. The van der Waals surface area contributed by atoms with E-state index in [-0.39, 0.29) is 12.5 Å². The topological polar surface area (TPSA) is 46.6 Å². The normalized spacial score (nSPS) is 15.2. The Labute approximate surface area is 131 Å². The fourth-order valence-corrected chi connectivity index (χ4v) is 2.55. The zero-order chi connectivity index (χ0) is 16.3. The molecule has 0 aliphatic carbocycles. The number of amides is 1. The highest BCUT2D eigenvalue weighted by molar-refractivity contribution is 6.23. The molecule has 0 fully saturated rings. The smallest absolute Gasteiger partial charge is 0.331 e. The van der Waals surface area contributed by atoms with Gasteiger partial charge in [-0.05, 0) is 31.9 Å². The molecule has 0 radical (unpaired) electrons. The van der Waals surface area contributed by atoms with Crippen molar-refractivity contribution in [3.8, 4) is 0 Å². The molecule has 1 aromatic carbocycles. The van der Waals surface area contributed by atoms with Crippen LogP contribution in [0.25, 0.3) is 5.57 Å². The van der Waals surface area contributed by atoms with Gasteiger partial charge < -0.3 is 9.64 Å². The Morgan fingerprint density at radius 3 is 2.59 bits per heavy atom. The second kappa shape index (κ2) is 6.18. The van der Waals surface area contributed by atoms with Gasteiger partial charge in [0.05, 0.1) is 0 Å². The Morgan fingerprint density at radius 1 is 1.36 bits per heavy atom. The van der Waals surface area contributed by atoms with E-state index in [0.717, 1.165) is 11.1 Å². The van der Waals surface area contributed by atoms with Crippen molar-refractivity contribution in [2.75, 3.05) is 13.2 Å². The van der Waals surface area contributed by atoms with Crippen LogP contribution in [0.4, 0.5) is 0 Å². The van der Waals surface area contributed by atoms with Crippen LogP contribution >= 0.6 is 0 Å². The lowest BCUT2D eigenvalue weighted by Gasteiger charge is -2.33. The third-order valence-electron chi connectivity index (χ3n) is 3.85. The first-order valence-corrected chi connectivity index (χ1v) is 7.25. The van der Waals surface area contributed by atoms with Crippen LogP contribution in [0.5, 0.6) is 0 Å². The van der Waals surface area contributed by atoms with Gasteiger partial charge in [-0.2, -0.15) is 0 Å². The van der Waals surface area contributed by atoms with Gasteiger partial charge in [0, 0.05) is 12.1 Å². The second-order valence-electron chi connectivity index (χ2n) is 5.86. The highest BCUT2D eigenvalue weighted by Crippen LogP contribution is 2.33. The van der Waals surface area contributed by atoms with Gasteiger partial charge in [0.15, 0.2) is 0 Å². The van der Waals surface area contributed by atoms with Gasteiger partial charge in [-0.3, -0.25) is 4.79 Å². The molecule has 1 aliphatic rings. The minimum atomic E-state index is -1.02. The fourth-order valence-electron chi connectivity index (χ4n) is 2.55. The molecule has 0 aromatic heterocycles. The predicted molar refractivity (Wildman–Crippen MR) is 86.0 cm³/mol. The number of benzene rings is 1. The van der Waals surface area contributed by atoms with Gasteiger partial charge in [0.1, 0.15) is 12.1 Å². The third-order valence-corrected chi connectivity index (χ3v) is 3.85. The lowest BCUT2D eigenvalue weighted by molar-refractivity contribution is -0.158. The summed E-state index contributed by atoms with van der Waals surface area (Å²) in [5.74, 6) is -0.563. The average molecular weight is 299 g/mol. The zero-order valence-corrected chi connectivity index (χ0v) is 13.3. The van der Waals surface area contributed by atoms with Crippen molar-refractivity contribution < 1.29 is 14.3 Å². The molecule has 1 aliphatic heterocycles. The summed E-state index contributed by atoms with van der Waals surface area (Å²) >= 11 is 0. The van der Waals surface area contributed by atoms with Crippen molar-refractivity contribution in [2.24, 2.45) is 0 Å². The van der Waals surface area contributed by atoms with Gasteiger partial charge in [0.25, 0.3) is 5.91 Å². The summed E-state index contributed by atoms with van der Waals surface area (Å²) in [6, 6.07) is 9.52. The lowest BCUT2D eigenvalue weighted by atomic mass is 10.0. The molecule has 0 spiro atoms. The van der Waals surface area contributed by atoms with E-state index in [9.17, 15) is 9.59 Å². The minimum Gasteiger partial charge on any atom is -0.460 e. The van der Waals surface area contributed by atoms with E-state index in [1.165, 1.54) is 6.08 Å². The molecule has 1 amide bonds. The fraction of sp³-hybridized carbons (Fsp3) is 0.333. The van der Waals surface area contributed by atoms with Gasteiger partial charge in [-0.15, -0.1) is 0 Å². The average Bonchev–Trinajstić information content (AvgIpc) is 2.81. The van der Waals surface area contributed by atoms with E-state index < -0.39 is 11.5 Å². The summed E-state index contributed by atoms with van der Waals surface area (Å²) in [4.78, 5) is 26.6. The SMILES string of the molecule is C=CCOC(=O)C(C)(C)N1CC(C)=C(c2ccccc2)C1=O. The molecule has 2 rings (SSSR count). The van der Waals surface area contributed by atoms with Crippen LogP contribution in [0.15, 0.2) is 48.6 Å². The van der Waals surface area contributed by atoms with Crippen LogP contribution < -0.4 is 0 Å². The van der Waals surface area contributed by atoms with Crippen molar-refractivity contribution >= 4 is 17.4 Å². The molecule has 4 nitrogen and oxygen atoms in total. The Morgan fingerprint density at radius 2 is 2.00 bits per heavy atom. The maximum absolute atomic E-state index is 12.8. The molecule has 1 heterocycles. The third kappa shape index (κ3) is 2.82. The maximum atomic E-state index is 12.8. The molecule has 0 atom stereocenters. The van der Waals surface area contributed by atoms with E-state index in [1.54, 1.807) is 18.7 Å². The molecule has 0 unspecified atom stereocenters. The number of nitrogens with zero attached hydrogens (tertiary/aromatic N) is 1. The van der Waals surface area contributed by atoms with Crippen LogP contribution in [0.2, 0.25) is 0 Å². The van der Waals surface area contributed by atoms with Gasteiger partial charge in [-0.25, -0.2) is 4.79 Å². The standard InChI is InChI=1S/C18H21NO3/c1-5-11-22-17(21)18(3,4)19-12-13(2)15(16(19)20)14-9-7-6-8-10-14/h5-10H,1,11-12H2,2-4H3. The highest BCUT2D eigenvalue weighted by Gasteiger charge is 2.43. The molecule has 4 heteroatoms. The quantitative estimate of drug-likeness (QED) is 0.620. The van der Waals surface area contributed by atoms with E-state index >= 15 is 0 Å². The summed E-state index contributed by atoms with van der Waals surface area (Å²) in [5, 5.41) is 0. The van der Waals surface area contributed by atoms with E-state index in [4.69, 9.17) is 4.74 Å². The molecule has 0 bridgehead atoms. The van der Waals surface area contributed by atoms with Crippen molar-refractivity contribution in [2.45, 2.75) is 26.3 Å². The van der Waals surface area contributed by atoms with E-state index in [2.05, 4.69) is 6.58 Å². The van der Waals surface area contributed by atoms with Crippen LogP contribution in [0.3, 0.4) is 0 Å². The summed E-state index contributed by atoms with van der Waals surface area (Å²) in [6.45, 7) is 9.43. The first kappa shape index (κ1) is 16.0. The van der Waals surface area contributed by atoms with Crippen LogP contribution in [0, 0.1) is 0 Å². The Kier molecular flexibility index (Phi) is 4.50. The van der Waals surface area contributed by atoms with Crippen molar-refractivity contribution in [3.05, 3.63) is 54.1 Å². The van der Waals surface area contributed by atoms with Gasteiger partial charge in [-0.1, -0.05) is 43.0 Å². The molecular weight excluding hydrogens is 278 g/mol. The van der Waals surface area contributed by atoms with Crippen LogP contribution in [-0.4, -0.2) is 35.5 Å². The summed E-state index contributed by atoms with van der Waals surface area (Å²) in [5.41, 5.74) is 1.49. The first-order valence-electron chi connectivity index (χ1n) is 7.25. The van der Waals surface area contributed by atoms with Gasteiger partial charge >= 0.3 is 5.97 Å². The molecule has 1 aromatic rings. The van der Waals surface area contributed by atoms with Crippen LogP contribution in [-0.2, 0) is 14.3 Å². The van der Waals surface area contributed by atoms with E-state index in [1.807, 2.05) is 37.3 Å². The van der Waals surface area contributed by atoms with Crippen molar-refractivity contribution in [1.82, 2.24) is 4.90 Å². The van der Waals surface area contributed by atoms with Crippen molar-refractivity contribution in [3.63, 3.8) is 0 Å². The minimum absolute atomic E-state index is 0.135. The lowest BCUT2D eigenvalue weighted by Crippen LogP contribution is -2.52. The number of esters is 1. The number of carbonyl (C=O) groups excluding carboxylic acids is 2. The number of hydrogen-bond acceptors (Lipinski definition) is 3. The summed E-state index contributed by atoms with van der Waals surface area (Å²) < 4.78 is 5.12. The predicted octanol–water partition coefficient (Wildman–Crippen LogP) is 2.81. The number of hydrogen-bond donors (Lipinski definition) is 0. The first-order chi connectivity index (χ1) is 10.4. The molecule has 0 saturated heterocycles. The Bertz CT molecular complexity index is 629. The molecule has 116 valence electrons. The molecule has 22 heavy (non-hydrogen) atoms. The molecular formula is C18H21NO3. The number of carbonyl (C=O) groups is 2.